The molecule has 3 nitrogen and oxygen atoms in total. The van der Waals surface area contributed by atoms with E-state index in [9.17, 15) is 0 Å². The molecule has 1 aliphatic rings. The van der Waals surface area contributed by atoms with Gasteiger partial charge < -0.3 is 15.8 Å². The van der Waals surface area contributed by atoms with Gasteiger partial charge in [-0.3, -0.25) is 0 Å². The van der Waals surface area contributed by atoms with Crippen molar-refractivity contribution in [3.05, 3.63) is 24.3 Å². The molecule has 3 N–H and O–H groups in total. The number of benzene rings is 1. The van der Waals surface area contributed by atoms with Crippen LogP contribution in [-0.2, 0) is 4.74 Å². The fraction of sp³-hybridized carbons (Fsp3) is 0.667. The van der Waals surface area contributed by atoms with Crippen LogP contribution >= 0.6 is 0 Å². The van der Waals surface area contributed by atoms with Crippen molar-refractivity contribution < 1.29 is 4.74 Å². The Bertz CT molecular complexity index is 464. The van der Waals surface area contributed by atoms with E-state index in [2.05, 4.69) is 46.0 Å². The Morgan fingerprint density at radius 3 is 2.24 bits per heavy atom. The monoisotopic (exact) mass is 290 g/mol. The number of hydrogen-bond acceptors (Lipinski definition) is 3. The van der Waals surface area contributed by atoms with Crippen molar-refractivity contribution in [3.63, 3.8) is 0 Å². The summed E-state index contributed by atoms with van der Waals surface area (Å²) in [7, 11) is 0. The molecule has 1 aromatic rings. The molecule has 21 heavy (non-hydrogen) atoms. The van der Waals surface area contributed by atoms with E-state index in [4.69, 9.17) is 10.5 Å². The molecule has 0 bridgehead atoms. The fourth-order valence-corrected chi connectivity index (χ4v) is 4.18. The number of nitrogen functional groups attached to an aromatic ring is 1. The van der Waals surface area contributed by atoms with Gasteiger partial charge in [-0.2, -0.15) is 0 Å². The van der Waals surface area contributed by atoms with E-state index in [1.165, 1.54) is 0 Å². The van der Waals surface area contributed by atoms with Crippen LogP contribution in [-0.4, -0.2) is 18.8 Å². The maximum Gasteiger partial charge on any atom is 0.0678 e. The zero-order valence-corrected chi connectivity index (χ0v) is 14.1. The zero-order valence-electron chi connectivity index (χ0n) is 14.1. The van der Waals surface area contributed by atoms with Crippen LogP contribution in [0.3, 0.4) is 0 Å². The molecule has 0 amide bonds. The Balaban J connectivity index is 2.16. The lowest BCUT2D eigenvalue weighted by Crippen LogP contribution is -2.53. The van der Waals surface area contributed by atoms with Crippen LogP contribution in [0.4, 0.5) is 11.4 Å². The minimum absolute atomic E-state index is 0.152. The Labute approximate surface area is 129 Å². The molecule has 0 radical (unpaired) electrons. The summed E-state index contributed by atoms with van der Waals surface area (Å²) in [4.78, 5) is 0. The molecule has 0 atom stereocenters. The molecule has 2 rings (SSSR count). The van der Waals surface area contributed by atoms with Gasteiger partial charge in [-0.25, -0.2) is 0 Å². The first-order valence-corrected chi connectivity index (χ1v) is 7.99. The lowest BCUT2D eigenvalue weighted by atomic mass is 9.61. The molecule has 0 saturated heterocycles. The van der Waals surface area contributed by atoms with Crippen LogP contribution < -0.4 is 11.1 Å². The average molecular weight is 290 g/mol. The van der Waals surface area contributed by atoms with E-state index in [1.807, 2.05) is 18.2 Å². The van der Waals surface area contributed by atoms with Gasteiger partial charge in [-0.1, -0.05) is 39.8 Å². The summed E-state index contributed by atoms with van der Waals surface area (Å²) in [5.41, 5.74) is 8.23. The van der Waals surface area contributed by atoms with Crippen molar-refractivity contribution in [2.45, 2.75) is 59.6 Å². The van der Waals surface area contributed by atoms with Crippen molar-refractivity contribution in [3.8, 4) is 0 Å². The Morgan fingerprint density at radius 1 is 1.14 bits per heavy atom. The summed E-state index contributed by atoms with van der Waals surface area (Å²) in [5, 5.41) is 3.64. The van der Waals surface area contributed by atoms with E-state index < -0.39 is 0 Å². The molecule has 0 spiro atoms. The summed E-state index contributed by atoms with van der Waals surface area (Å²) in [6.45, 7) is 12.1. The number of nitrogens with two attached hydrogens (primary N) is 1. The predicted octanol–water partition coefficient (Wildman–Crippen LogP) is 4.30. The van der Waals surface area contributed by atoms with Crippen molar-refractivity contribution in [2.75, 3.05) is 17.7 Å². The fourth-order valence-electron chi connectivity index (χ4n) is 4.18. The maximum atomic E-state index is 6.08. The van der Waals surface area contributed by atoms with E-state index in [0.717, 1.165) is 30.8 Å². The summed E-state index contributed by atoms with van der Waals surface area (Å²) in [6, 6.07) is 8.44. The Morgan fingerprint density at radius 2 is 1.71 bits per heavy atom. The predicted molar refractivity (Wildman–Crippen MR) is 90.5 cm³/mol. The number of hydrogen-bond donors (Lipinski definition) is 2. The molecule has 1 aliphatic carbocycles. The van der Waals surface area contributed by atoms with Gasteiger partial charge in [0.1, 0.15) is 0 Å². The summed E-state index contributed by atoms with van der Waals surface area (Å²) in [6.07, 6.45) is 2.48. The third kappa shape index (κ3) is 3.52. The second-order valence-corrected chi connectivity index (χ2v) is 7.65. The second-order valence-electron chi connectivity index (χ2n) is 7.65. The summed E-state index contributed by atoms with van der Waals surface area (Å²) >= 11 is 0. The van der Waals surface area contributed by atoms with Crippen molar-refractivity contribution >= 4 is 11.4 Å². The molecule has 1 aromatic carbocycles. The highest BCUT2D eigenvalue weighted by Crippen LogP contribution is 2.48. The molecule has 0 aromatic heterocycles. The molecular weight excluding hydrogens is 260 g/mol. The van der Waals surface area contributed by atoms with Gasteiger partial charge in [0.25, 0.3) is 0 Å². The molecular formula is C18H30N2O. The first-order chi connectivity index (χ1) is 9.76. The topological polar surface area (TPSA) is 47.3 Å². The first kappa shape index (κ1) is 16.2. The highest BCUT2D eigenvalue weighted by molar-refractivity contribution is 5.66. The normalized spacial score (nSPS) is 27.3. The van der Waals surface area contributed by atoms with Crippen LogP contribution in [0.2, 0.25) is 0 Å². The standard InChI is InChI=1S/C18H30N2O/c1-6-21-16-17(2,3)11-13(12-18(16,4)5)20-15-10-8-7-9-14(15)19/h7-10,13,16,20H,6,11-12,19H2,1-5H3. The average Bonchev–Trinajstić information content (AvgIpc) is 2.36. The van der Waals surface area contributed by atoms with Crippen molar-refractivity contribution in [1.29, 1.82) is 0 Å². The van der Waals surface area contributed by atoms with Gasteiger partial charge in [0.2, 0.25) is 0 Å². The van der Waals surface area contributed by atoms with E-state index in [0.29, 0.717) is 12.1 Å². The molecule has 0 unspecified atom stereocenters. The molecule has 1 fully saturated rings. The van der Waals surface area contributed by atoms with Crippen LogP contribution in [0.25, 0.3) is 0 Å². The number of rotatable bonds is 4. The SMILES string of the molecule is CCOC1C(C)(C)CC(Nc2ccccc2N)CC1(C)C. The van der Waals surface area contributed by atoms with E-state index >= 15 is 0 Å². The number of ether oxygens (including phenoxy) is 1. The van der Waals surface area contributed by atoms with Crippen LogP contribution in [0.15, 0.2) is 24.3 Å². The quantitative estimate of drug-likeness (QED) is 0.813. The van der Waals surface area contributed by atoms with Crippen molar-refractivity contribution in [2.24, 2.45) is 10.8 Å². The third-order valence-corrected chi connectivity index (χ3v) is 4.62. The van der Waals surface area contributed by atoms with E-state index in [-0.39, 0.29) is 10.8 Å². The second kappa shape index (κ2) is 5.88. The minimum Gasteiger partial charge on any atom is -0.397 e. The largest absolute Gasteiger partial charge is 0.397 e. The number of nitrogens with one attached hydrogen (secondary N) is 1. The summed E-state index contributed by atoms with van der Waals surface area (Å²) in [5.74, 6) is 0. The van der Waals surface area contributed by atoms with Crippen LogP contribution in [0, 0.1) is 10.8 Å². The maximum absolute atomic E-state index is 6.08. The van der Waals surface area contributed by atoms with Gasteiger partial charge >= 0.3 is 0 Å². The lowest BCUT2D eigenvalue weighted by Gasteiger charge is -2.51. The third-order valence-electron chi connectivity index (χ3n) is 4.62. The van der Waals surface area contributed by atoms with Gasteiger partial charge in [0.05, 0.1) is 17.5 Å². The molecule has 0 heterocycles. The first-order valence-electron chi connectivity index (χ1n) is 7.99. The van der Waals surface area contributed by atoms with Gasteiger partial charge in [0, 0.05) is 12.6 Å². The minimum atomic E-state index is 0.152. The van der Waals surface area contributed by atoms with Crippen LogP contribution in [0.1, 0.15) is 47.5 Å². The summed E-state index contributed by atoms with van der Waals surface area (Å²) < 4.78 is 6.08. The highest BCUT2D eigenvalue weighted by Gasteiger charge is 2.48. The molecule has 3 heteroatoms. The molecule has 1 saturated carbocycles. The zero-order chi connectivity index (χ0) is 15.7. The number of anilines is 2. The highest BCUT2D eigenvalue weighted by atomic mass is 16.5. The Kier molecular flexibility index (Phi) is 4.52. The smallest absolute Gasteiger partial charge is 0.0678 e. The molecule has 0 aliphatic heterocycles. The number of para-hydroxylation sites is 2. The Hall–Kier alpha value is -1.22. The molecule has 118 valence electrons. The lowest BCUT2D eigenvalue weighted by molar-refractivity contribution is -0.119. The van der Waals surface area contributed by atoms with Crippen molar-refractivity contribution in [1.82, 2.24) is 0 Å². The van der Waals surface area contributed by atoms with Gasteiger partial charge in [-0.15, -0.1) is 0 Å². The van der Waals surface area contributed by atoms with Crippen LogP contribution in [0.5, 0.6) is 0 Å². The van der Waals surface area contributed by atoms with E-state index in [1.54, 1.807) is 0 Å². The van der Waals surface area contributed by atoms with Gasteiger partial charge in [-0.05, 0) is 42.7 Å². The van der Waals surface area contributed by atoms with Gasteiger partial charge in [0.15, 0.2) is 0 Å².